The minimum Gasteiger partial charge on any atom is -0.481 e. The van der Waals surface area contributed by atoms with E-state index in [2.05, 4.69) is 10.6 Å². The molecule has 0 spiro atoms. The highest BCUT2D eigenvalue weighted by Crippen LogP contribution is 2.32. The van der Waals surface area contributed by atoms with E-state index in [4.69, 9.17) is 5.11 Å². The number of anilines is 1. The topological polar surface area (TPSA) is 78.4 Å². The fourth-order valence-electron chi connectivity index (χ4n) is 1.48. The van der Waals surface area contributed by atoms with Crippen molar-refractivity contribution in [3.8, 4) is 0 Å². The van der Waals surface area contributed by atoms with Crippen molar-refractivity contribution in [1.29, 1.82) is 0 Å². The third kappa shape index (κ3) is 7.21. The van der Waals surface area contributed by atoms with Gasteiger partial charge < -0.3 is 15.7 Å². The number of carboxylic acids is 1. The number of amides is 2. The Morgan fingerprint density at radius 3 is 2.59 bits per heavy atom. The number of aliphatic carboxylic acids is 1. The van der Waals surface area contributed by atoms with Crippen LogP contribution in [0, 0.1) is 6.92 Å². The fraction of sp³-hybridized carbons (Fsp3) is 0.385. The van der Waals surface area contributed by atoms with E-state index in [9.17, 15) is 22.8 Å². The SMILES string of the molecule is Cc1ccc(SCC(F)(F)F)c(NC(=O)NCCC(=O)O)c1. The molecule has 0 unspecified atom stereocenters. The van der Waals surface area contributed by atoms with Crippen LogP contribution in [0.1, 0.15) is 12.0 Å². The standard InChI is InChI=1S/C13H15F3N2O3S/c1-8-2-3-10(22-7-13(14,15)16)9(6-8)18-12(21)17-5-4-11(19)20/h2-3,6H,4-5,7H2,1H3,(H,19,20)(H2,17,18,21). The summed E-state index contributed by atoms with van der Waals surface area (Å²) in [5, 5.41) is 13.2. The van der Waals surface area contributed by atoms with Crippen molar-refractivity contribution >= 4 is 29.4 Å². The largest absolute Gasteiger partial charge is 0.481 e. The maximum absolute atomic E-state index is 12.3. The number of hydrogen-bond donors (Lipinski definition) is 3. The number of carbonyl (C=O) groups is 2. The summed E-state index contributed by atoms with van der Waals surface area (Å²) in [5.41, 5.74) is 1.03. The highest BCUT2D eigenvalue weighted by molar-refractivity contribution is 7.99. The lowest BCUT2D eigenvalue weighted by atomic mass is 10.2. The van der Waals surface area contributed by atoms with Crippen LogP contribution in [-0.4, -0.2) is 35.6 Å². The number of carboxylic acid groups (broad SMARTS) is 1. The molecule has 1 aromatic rings. The number of halogens is 3. The molecule has 2 amide bonds. The van der Waals surface area contributed by atoms with Gasteiger partial charge in [0.2, 0.25) is 0 Å². The Morgan fingerprint density at radius 1 is 1.32 bits per heavy atom. The van der Waals surface area contributed by atoms with Crippen LogP contribution >= 0.6 is 11.8 Å². The van der Waals surface area contributed by atoms with Gasteiger partial charge in [0, 0.05) is 11.4 Å². The van der Waals surface area contributed by atoms with Gasteiger partial charge in [-0.15, -0.1) is 11.8 Å². The Labute approximate surface area is 129 Å². The second-order valence-electron chi connectivity index (χ2n) is 4.43. The van der Waals surface area contributed by atoms with E-state index in [1.165, 1.54) is 6.07 Å². The van der Waals surface area contributed by atoms with E-state index in [0.717, 1.165) is 5.56 Å². The van der Waals surface area contributed by atoms with E-state index < -0.39 is 23.9 Å². The Hall–Kier alpha value is -1.90. The molecule has 0 saturated carbocycles. The lowest BCUT2D eigenvalue weighted by Gasteiger charge is -2.13. The Kier molecular flexibility index (Phi) is 6.54. The van der Waals surface area contributed by atoms with Gasteiger partial charge in [0.05, 0.1) is 17.9 Å². The fourth-order valence-corrected chi connectivity index (χ4v) is 2.23. The highest BCUT2D eigenvalue weighted by atomic mass is 32.2. The summed E-state index contributed by atoms with van der Waals surface area (Å²) in [5.74, 6) is -2.12. The second kappa shape index (κ2) is 7.92. The molecule has 1 aromatic carbocycles. The highest BCUT2D eigenvalue weighted by Gasteiger charge is 2.27. The number of urea groups is 1. The van der Waals surface area contributed by atoms with Crippen molar-refractivity contribution in [2.24, 2.45) is 0 Å². The van der Waals surface area contributed by atoms with E-state index in [-0.39, 0.29) is 23.5 Å². The average molecular weight is 336 g/mol. The predicted molar refractivity (Wildman–Crippen MR) is 77.2 cm³/mol. The van der Waals surface area contributed by atoms with Crippen LogP contribution in [0.5, 0.6) is 0 Å². The zero-order valence-electron chi connectivity index (χ0n) is 11.7. The number of alkyl halides is 3. The monoisotopic (exact) mass is 336 g/mol. The number of rotatable bonds is 6. The molecule has 0 saturated heterocycles. The normalized spacial score (nSPS) is 11.1. The third-order valence-electron chi connectivity index (χ3n) is 2.40. The molecule has 0 aliphatic carbocycles. The maximum Gasteiger partial charge on any atom is 0.398 e. The van der Waals surface area contributed by atoms with Crippen LogP contribution in [0.3, 0.4) is 0 Å². The lowest BCUT2D eigenvalue weighted by Crippen LogP contribution is -2.30. The molecule has 0 aliphatic heterocycles. The van der Waals surface area contributed by atoms with E-state index in [1.807, 2.05) is 0 Å². The zero-order valence-corrected chi connectivity index (χ0v) is 12.5. The number of thioether (sulfide) groups is 1. The van der Waals surface area contributed by atoms with Crippen LogP contribution in [0.15, 0.2) is 23.1 Å². The molecule has 0 heterocycles. The van der Waals surface area contributed by atoms with Gasteiger partial charge in [-0.05, 0) is 24.6 Å². The number of hydrogen-bond acceptors (Lipinski definition) is 3. The molecule has 0 aromatic heterocycles. The van der Waals surface area contributed by atoms with Crippen molar-refractivity contribution in [3.63, 3.8) is 0 Å². The Bertz CT molecular complexity index is 550. The third-order valence-corrected chi connectivity index (χ3v) is 3.54. The summed E-state index contributed by atoms with van der Waals surface area (Å²) >= 11 is 0.572. The van der Waals surface area contributed by atoms with Gasteiger partial charge in [-0.3, -0.25) is 4.79 Å². The van der Waals surface area contributed by atoms with Gasteiger partial charge in [-0.25, -0.2) is 4.79 Å². The van der Waals surface area contributed by atoms with Gasteiger partial charge >= 0.3 is 18.2 Å². The average Bonchev–Trinajstić information content (AvgIpc) is 2.36. The van der Waals surface area contributed by atoms with E-state index in [1.54, 1.807) is 19.1 Å². The molecular weight excluding hydrogens is 321 g/mol. The molecule has 0 radical (unpaired) electrons. The molecule has 1 rings (SSSR count). The van der Waals surface area contributed by atoms with Crippen molar-refractivity contribution < 1.29 is 27.9 Å². The molecule has 5 nitrogen and oxygen atoms in total. The van der Waals surface area contributed by atoms with E-state index >= 15 is 0 Å². The summed E-state index contributed by atoms with van der Waals surface area (Å²) in [7, 11) is 0. The zero-order chi connectivity index (χ0) is 16.8. The van der Waals surface area contributed by atoms with Crippen molar-refractivity contribution in [2.45, 2.75) is 24.4 Å². The molecule has 22 heavy (non-hydrogen) atoms. The quantitative estimate of drug-likeness (QED) is 0.697. The van der Waals surface area contributed by atoms with Gasteiger partial charge in [0.25, 0.3) is 0 Å². The van der Waals surface area contributed by atoms with Gasteiger partial charge in [0.1, 0.15) is 0 Å². The van der Waals surface area contributed by atoms with E-state index in [0.29, 0.717) is 11.8 Å². The Morgan fingerprint density at radius 2 is 2.00 bits per heavy atom. The number of aryl methyl sites for hydroxylation is 1. The van der Waals surface area contributed by atoms with Crippen molar-refractivity contribution in [2.75, 3.05) is 17.6 Å². The smallest absolute Gasteiger partial charge is 0.398 e. The van der Waals surface area contributed by atoms with Gasteiger partial charge in [-0.1, -0.05) is 6.07 Å². The summed E-state index contributed by atoms with van der Waals surface area (Å²) in [6.07, 6.45) is -4.55. The van der Waals surface area contributed by atoms with Crippen LogP contribution in [0.4, 0.5) is 23.7 Å². The molecule has 3 N–H and O–H groups in total. The first-order valence-corrected chi connectivity index (χ1v) is 7.23. The van der Waals surface area contributed by atoms with Crippen molar-refractivity contribution in [3.05, 3.63) is 23.8 Å². The molecule has 9 heteroatoms. The predicted octanol–water partition coefficient (Wildman–Crippen LogP) is 3.25. The molecular formula is C13H15F3N2O3S. The molecule has 0 fully saturated rings. The number of carbonyl (C=O) groups excluding carboxylic acids is 1. The van der Waals surface area contributed by atoms with Gasteiger partial charge in [-0.2, -0.15) is 13.2 Å². The first-order chi connectivity index (χ1) is 10.2. The molecule has 122 valence electrons. The Balaban J connectivity index is 2.69. The second-order valence-corrected chi connectivity index (χ2v) is 5.45. The van der Waals surface area contributed by atoms with Crippen LogP contribution in [-0.2, 0) is 4.79 Å². The van der Waals surface area contributed by atoms with Crippen LogP contribution in [0.2, 0.25) is 0 Å². The number of benzene rings is 1. The van der Waals surface area contributed by atoms with Crippen LogP contribution < -0.4 is 10.6 Å². The first-order valence-electron chi connectivity index (χ1n) is 6.24. The minimum absolute atomic E-state index is 0.0714. The van der Waals surface area contributed by atoms with Crippen molar-refractivity contribution in [1.82, 2.24) is 5.32 Å². The minimum atomic E-state index is -4.31. The maximum atomic E-state index is 12.3. The summed E-state index contributed by atoms with van der Waals surface area (Å²) in [6, 6.07) is 4.03. The summed E-state index contributed by atoms with van der Waals surface area (Å²) < 4.78 is 36.8. The van der Waals surface area contributed by atoms with Crippen LogP contribution in [0.25, 0.3) is 0 Å². The molecule has 0 aliphatic rings. The summed E-state index contributed by atoms with van der Waals surface area (Å²) in [6.45, 7) is 1.67. The molecule has 0 bridgehead atoms. The molecule has 0 atom stereocenters. The van der Waals surface area contributed by atoms with Gasteiger partial charge in [0.15, 0.2) is 0 Å². The summed E-state index contributed by atoms with van der Waals surface area (Å²) in [4.78, 5) is 22.2. The number of nitrogens with one attached hydrogen (secondary N) is 2. The first kappa shape index (κ1) is 18.1. The lowest BCUT2D eigenvalue weighted by molar-refractivity contribution is -0.136.